The highest BCUT2D eigenvalue weighted by atomic mass is 35.5. The molecule has 1 aliphatic heterocycles. The van der Waals surface area contributed by atoms with E-state index in [9.17, 15) is 18.5 Å². The lowest BCUT2D eigenvalue weighted by molar-refractivity contribution is -0.118. The van der Waals surface area contributed by atoms with Crippen molar-refractivity contribution in [3.63, 3.8) is 0 Å². The second kappa shape index (κ2) is 8.03. The van der Waals surface area contributed by atoms with E-state index in [-0.39, 0.29) is 27.5 Å². The fraction of sp³-hybridized carbons (Fsp3) is 0.250. The molecule has 2 aromatic carbocycles. The van der Waals surface area contributed by atoms with Crippen LogP contribution >= 0.6 is 11.6 Å². The van der Waals surface area contributed by atoms with Crippen LogP contribution in [0.4, 0.5) is 5.69 Å². The summed E-state index contributed by atoms with van der Waals surface area (Å²) in [5.41, 5.74) is 8.79. The molecule has 0 saturated heterocycles. The van der Waals surface area contributed by atoms with Crippen LogP contribution < -0.4 is 15.8 Å². The third-order valence-electron chi connectivity index (χ3n) is 6.02. The summed E-state index contributed by atoms with van der Waals surface area (Å²) < 4.78 is 23.4. The second-order valence-corrected chi connectivity index (χ2v) is 11.0. The van der Waals surface area contributed by atoms with E-state index in [1.165, 1.54) is 12.1 Å². The maximum atomic E-state index is 13.5. The van der Waals surface area contributed by atoms with Gasteiger partial charge >= 0.3 is 0 Å². The van der Waals surface area contributed by atoms with E-state index in [0.29, 0.717) is 40.4 Å². The number of carbonyl (C=O) groups excluding carboxylic acids is 1. The van der Waals surface area contributed by atoms with Gasteiger partial charge in [0.15, 0.2) is 5.78 Å². The molecule has 4 rings (SSSR count). The molecule has 170 valence electrons. The number of allylic oxidation sites excluding steroid dienone is 3. The molecular formula is C24H23ClN4O3S. The van der Waals surface area contributed by atoms with E-state index in [4.69, 9.17) is 22.5 Å². The van der Waals surface area contributed by atoms with Crippen molar-refractivity contribution in [2.45, 2.75) is 37.5 Å². The Kier molecular flexibility index (Phi) is 5.61. The molecule has 2 aliphatic rings. The summed E-state index contributed by atoms with van der Waals surface area (Å²) in [6.45, 7) is 4.00. The number of hydrogen-bond donors (Lipinski definition) is 2. The monoisotopic (exact) mass is 482 g/mol. The Morgan fingerprint density at radius 1 is 1.12 bits per heavy atom. The van der Waals surface area contributed by atoms with Gasteiger partial charge in [-0.25, -0.2) is 13.6 Å². The number of halogens is 1. The predicted octanol–water partition coefficient (Wildman–Crippen LogP) is 3.93. The fourth-order valence-electron chi connectivity index (χ4n) is 4.61. The van der Waals surface area contributed by atoms with Gasteiger partial charge in [-0.2, -0.15) is 5.26 Å². The van der Waals surface area contributed by atoms with E-state index in [1.54, 1.807) is 35.2 Å². The molecule has 1 aliphatic carbocycles. The lowest BCUT2D eigenvalue weighted by atomic mass is 9.68. The Bertz CT molecular complexity index is 1370. The Morgan fingerprint density at radius 2 is 1.76 bits per heavy atom. The maximum Gasteiger partial charge on any atom is 0.238 e. The van der Waals surface area contributed by atoms with Gasteiger partial charge in [0.25, 0.3) is 0 Å². The van der Waals surface area contributed by atoms with Crippen LogP contribution in [0.5, 0.6) is 0 Å². The molecule has 1 heterocycles. The Hall–Kier alpha value is -3.12. The van der Waals surface area contributed by atoms with E-state index < -0.39 is 15.9 Å². The molecule has 0 bridgehead atoms. The minimum absolute atomic E-state index is 0.0467. The quantitative estimate of drug-likeness (QED) is 0.681. The van der Waals surface area contributed by atoms with Crippen LogP contribution in [0.25, 0.3) is 0 Å². The molecule has 0 unspecified atom stereocenters. The van der Waals surface area contributed by atoms with E-state index in [2.05, 4.69) is 6.07 Å². The number of carbonyl (C=O) groups is 1. The molecule has 0 amide bonds. The first-order chi connectivity index (χ1) is 15.4. The van der Waals surface area contributed by atoms with Gasteiger partial charge in [-0.3, -0.25) is 9.69 Å². The van der Waals surface area contributed by atoms with Gasteiger partial charge in [0.2, 0.25) is 10.0 Å². The third kappa shape index (κ3) is 4.04. The highest BCUT2D eigenvalue weighted by molar-refractivity contribution is 7.89. The number of Topliss-reactive ketones (excluding diaryl/α,β-unsaturated/α-hetero) is 1. The lowest BCUT2D eigenvalue weighted by Crippen LogP contribution is -2.42. The van der Waals surface area contributed by atoms with Gasteiger partial charge < -0.3 is 5.73 Å². The van der Waals surface area contributed by atoms with Crippen LogP contribution in [0.15, 0.2) is 76.1 Å². The van der Waals surface area contributed by atoms with Crippen LogP contribution in [0.1, 0.15) is 38.2 Å². The molecule has 9 heteroatoms. The highest BCUT2D eigenvalue weighted by Crippen LogP contribution is 2.51. The average molecular weight is 483 g/mol. The lowest BCUT2D eigenvalue weighted by Gasteiger charge is -2.44. The average Bonchev–Trinajstić information content (AvgIpc) is 2.72. The Morgan fingerprint density at radius 3 is 2.33 bits per heavy atom. The number of benzene rings is 2. The van der Waals surface area contributed by atoms with Crippen LogP contribution in [0.3, 0.4) is 0 Å². The molecule has 0 fully saturated rings. The number of anilines is 1. The van der Waals surface area contributed by atoms with Crippen LogP contribution in [0, 0.1) is 16.7 Å². The van der Waals surface area contributed by atoms with Crippen molar-refractivity contribution in [2.24, 2.45) is 16.3 Å². The molecule has 7 nitrogen and oxygen atoms in total. The fourth-order valence-corrected chi connectivity index (χ4v) is 5.37. The predicted molar refractivity (Wildman–Crippen MR) is 126 cm³/mol. The van der Waals surface area contributed by atoms with Crippen molar-refractivity contribution in [3.05, 3.63) is 81.8 Å². The minimum atomic E-state index is -3.87. The number of rotatable bonds is 3. The topological polar surface area (TPSA) is 130 Å². The Labute approximate surface area is 198 Å². The summed E-state index contributed by atoms with van der Waals surface area (Å²) in [5, 5.41) is 15.8. The summed E-state index contributed by atoms with van der Waals surface area (Å²) in [6.07, 6.45) is 0.856. The zero-order chi connectivity index (χ0) is 24.1. The molecule has 33 heavy (non-hydrogen) atoms. The summed E-state index contributed by atoms with van der Waals surface area (Å²) in [6, 6.07) is 15.2. The van der Waals surface area contributed by atoms with Crippen molar-refractivity contribution < 1.29 is 13.2 Å². The number of nitriles is 1. The second-order valence-electron chi connectivity index (χ2n) is 9.04. The number of ketones is 1. The minimum Gasteiger partial charge on any atom is -0.384 e. The van der Waals surface area contributed by atoms with Gasteiger partial charge in [-0.15, -0.1) is 0 Å². The van der Waals surface area contributed by atoms with Crippen LogP contribution in [-0.4, -0.2) is 14.2 Å². The largest absolute Gasteiger partial charge is 0.384 e. The van der Waals surface area contributed by atoms with Gasteiger partial charge in [0.05, 0.1) is 22.5 Å². The normalized spacial score (nSPS) is 20.5. The van der Waals surface area contributed by atoms with Gasteiger partial charge in [0, 0.05) is 28.4 Å². The van der Waals surface area contributed by atoms with Crippen LogP contribution in [0.2, 0.25) is 5.02 Å². The third-order valence-corrected chi connectivity index (χ3v) is 7.29. The summed E-state index contributed by atoms with van der Waals surface area (Å²) in [7, 11) is -3.87. The van der Waals surface area contributed by atoms with Gasteiger partial charge in [-0.1, -0.05) is 43.6 Å². The Balaban J connectivity index is 1.98. The molecule has 0 spiro atoms. The maximum absolute atomic E-state index is 13.5. The number of primary sulfonamides is 1. The van der Waals surface area contributed by atoms with Crippen molar-refractivity contribution in [3.8, 4) is 6.07 Å². The molecule has 0 radical (unpaired) electrons. The molecule has 0 saturated carbocycles. The van der Waals surface area contributed by atoms with Crippen molar-refractivity contribution >= 4 is 33.1 Å². The summed E-state index contributed by atoms with van der Waals surface area (Å²) in [5.74, 6) is -0.574. The summed E-state index contributed by atoms with van der Waals surface area (Å²) >= 11 is 6.49. The van der Waals surface area contributed by atoms with Gasteiger partial charge in [0.1, 0.15) is 5.82 Å². The van der Waals surface area contributed by atoms with Gasteiger partial charge in [-0.05, 0) is 47.7 Å². The standard InChI is InChI=1S/C24H23ClN4O3S/c1-24(2)11-19-22(20(30)12-24)21(16-5-3-4-6-18(16)25)17(13-26)23(27)29(19)14-7-9-15(10-8-14)33(28,31)32/h3-10,21H,11-12,27H2,1-2H3,(H2,28,31,32)/t21-/m0/s1. The number of nitrogens with two attached hydrogens (primary N) is 2. The van der Waals surface area contributed by atoms with E-state index in [1.807, 2.05) is 19.9 Å². The summed E-state index contributed by atoms with van der Waals surface area (Å²) in [4.78, 5) is 15.1. The smallest absolute Gasteiger partial charge is 0.238 e. The molecule has 2 aromatic rings. The zero-order valence-electron chi connectivity index (χ0n) is 18.2. The molecule has 4 N–H and O–H groups in total. The van der Waals surface area contributed by atoms with Crippen molar-refractivity contribution in [1.82, 2.24) is 0 Å². The SMILES string of the molecule is CC1(C)CC(=O)C2=C(C1)N(c1ccc(S(N)(=O)=O)cc1)C(N)=C(C#N)[C@@H]2c1ccccc1Cl. The zero-order valence-corrected chi connectivity index (χ0v) is 19.7. The van der Waals surface area contributed by atoms with Crippen molar-refractivity contribution in [1.29, 1.82) is 5.26 Å². The first kappa shape index (κ1) is 23.1. The number of nitrogens with zero attached hydrogens (tertiary/aromatic N) is 2. The first-order valence-corrected chi connectivity index (χ1v) is 12.2. The van der Waals surface area contributed by atoms with E-state index in [0.717, 1.165) is 0 Å². The molecule has 0 aromatic heterocycles. The van der Waals surface area contributed by atoms with Crippen molar-refractivity contribution in [2.75, 3.05) is 4.90 Å². The molecular weight excluding hydrogens is 460 g/mol. The highest BCUT2D eigenvalue weighted by Gasteiger charge is 2.45. The van der Waals surface area contributed by atoms with Crippen LogP contribution in [-0.2, 0) is 14.8 Å². The van der Waals surface area contributed by atoms with E-state index >= 15 is 0 Å². The number of hydrogen-bond acceptors (Lipinski definition) is 6. The first-order valence-electron chi connectivity index (χ1n) is 10.3. The number of sulfonamides is 1. The molecule has 1 atom stereocenters.